The van der Waals surface area contributed by atoms with Crippen molar-refractivity contribution in [2.24, 2.45) is 0 Å². The Morgan fingerprint density at radius 1 is 1.19 bits per heavy atom. The van der Waals surface area contributed by atoms with Crippen molar-refractivity contribution in [3.63, 3.8) is 0 Å². The molecular formula is C20H19FN2O2S. The molecule has 0 atom stereocenters. The minimum Gasteiger partial charge on any atom is -0.334 e. The lowest BCUT2D eigenvalue weighted by molar-refractivity contribution is -0.132. The van der Waals surface area contributed by atoms with E-state index in [9.17, 15) is 14.0 Å². The van der Waals surface area contributed by atoms with Gasteiger partial charge in [-0.15, -0.1) is 11.8 Å². The van der Waals surface area contributed by atoms with Crippen molar-refractivity contribution in [2.75, 3.05) is 17.2 Å². The van der Waals surface area contributed by atoms with Crippen molar-refractivity contribution in [3.05, 3.63) is 59.9 Å². The number of anilines is 1. The molecule has 1 heterocycles. The molecule has 134 valence electrons. The molecule has 0 radical (unpaired) electrons. The van der Waals surface area contributed by atoms with E-state index in [0.29, 0.717) is 12.3 Å². The summed E-state index contributed by atoms with van der Waals surface area (Å²) < 4.78 is 13.5. The minimum absolute atomic E-state index is 0.0300. The number of fused-ring (bicyclic) bond motifs is 1. The monoisotopic (exact) mass is 370 g/mol. The topological polar surface area (TPSA) is 40.6 Å². The molecule has 26 heavy (non-hydrogen) atoms. The van der Waals surface area contributed by atoms with Crippen LogP contribution in [0.4, 0.5) is 10.1 Å². The summed E-state index contributed by atoms with van der Waals surface area (Å²) in [6.45, 7) is 0.405. The average molecular weight is 370 g/mol. The molecule has 4 rings (SSSR count). The summed E-state index contributed by atoms with van der Waals surface area (Å²) in [6.07, 6.45) is 1.92. The molecule has 1 aliphatic heterocycles. The van der Waals surface area contributed by atoms with E-state index in [2.05, 4.69) is 0 Å². The van der Waals surface area contributed by atoms with Gasteiger partial charge < -0.3 is 9.80 Å². The first kappa shape index (κ1) is 17.1. The standard InChI is InChI=1S/C20H19FN2O2S/c21-15-5-3-4-14(10-15)11-22(16-8-9-16)19(24)12-23-17-6-1-2-7-18(17)26-13-20(23)25/h1-7,10,16H,8-9,11-13H2. The summed E-state index contributed by atoms with van der Waals surface area (Å²) in [5, 5.41) is 0. The average Bonchev–Trinajstić information content (AvgIpc) is 3.47. The second-order valence-corrected chi connectivity index (χ2v) is 7.64. The van der Waals surface area contributed by atoms with Gasteiger partial charge in [0.15, 0.2) is 0 Å². The molecule has 2 aromatic rings. The van der Waals surface area contributed by atoms with Gasteiger partial charge in [-0.25, -0.2) is 4.39 Å². The maximum Gasteiger partial charge on any atom is 0.243 e. The molecular weight excluding hydrogens is 351 g/mol. The minimum atomic E-state index is -0.303. The molecule has 1 fully saturated rings. The Bertz CT molecular complexity index is 853. The van der Waals surface area contributed by atoms with E-state index in [1.54, 1.807) is 15.9 Å². The van der Waals surface area contributed by atoms with Crippen LogP contribution in [0.2, 0.25) is 0 Å². The molecule has 2 amide bonds. The third-order valence-corrected chi connectivity index (χ3v) is 5.70. The second-order valence-electron chi connectivity index (χ2n) is 6.62. The number of halogens is 1. The summed E-state index contributed by atoms with van der Waals surface area (Å²) in [5.41, 5.74) is 1.56. The van der Waals surface area contributed by atoms with Gasteiger partial charge in [-0.3, -0.25) is 9.59 Å². The Balaban J connectivity index is 1.53. The van der Waals surface area contributed by atoms with Crippen LogP contribution in [0.15, 0.2) is 53.4 Å². The van der Waals surface area contributed by atoms with Crippen LogP contribution >= 0.6 is 11.8 Å². The van der Waals surface area contributed by atoms with E-state index >= 15 is 0 Å². The first-order chi connectivity index (χ1) is 12.6. The molecule has 2 aliphatic rings. The SMILES string of the molecule is O=C1CSc2ccccc2N1CC(=O)N(Cc1cccc(F)c1)C1CC1. The van der Waals surface area contributed by atoms with Crippen LogP contribution in [-0.2, 0) is 16.1 Å². The van der Waals surface area contributed by atoms with Gasteiger partial charge in [0.1, 0.15) is 12.4 Å². The van der Waals surface area contributed by atoms with Gasteiger partial charge in [-0.05, 0) is 42.7 Å². The highest BCUT2D eigenvalue weighted by atomic mass is 32.2. The molecule has 0 aromatic heterocycles. The Hall–Kier alpha value is -2.34. The van der Waals surface area contributed by atoms with E-state index in [4.69, 9.17) is 0 Å². The summed E-state index contributed by atoms with van der Waals surface area (Å²) in [7, 11) is 0. The number of carbonyl (C=O) groups excluding carboxylic acids is 2. The zero-order valence-corrected chi connectivity index (χ0v) is 15.0. The molecule has 2 aromatic carbocycles. The number of hydrogen-bond donors (Lipinski definition) is 0. The van der Waals surface area contributed by atoms with Crippen molar-refractivity contribution >= 4 is 29.3 Å². The molecule has 0 spiro atoms. The van der Waals surface area contributed by atoms with Gasteiger partial charge in [-0.2, -0.15) is 0 Å². The normalized spacial score (nSPS) is 16.3. The highest BCUT2D eigenvalue weighted by Gasteiger charge is 2.35. The van der Waals surface area contributed by atoms with Crippen LogP contribution in [0.25, 0.3) is 0 Å². The highest BCUT2D eigenvalue weighted by molar-refractivity contribution is 8.00. The van der Waals surface area contributed by atoms with Crippen LogP contribution in [0.5, 0.6) is 0 Å². The summed E-state index contributed by atoms with van der Waals surface area (Å²) in [4.78, 5) is 29.7. The van der Waals surface area contributed by atoms with Crippen LogP contribution in [0, 0.1) is 5.82 Å². The molecule has 0 saturated heterocycles. The van der Waals surface area contributed by atoms with Crippen molar-refractivity contribution in [1.29, 1.82) is 0 Å². The van der Waals surface area contributed by atoms with Crippen molar-refractivity contribution in [1.82, 2.24) is 4.90 Å². The Morgan fingerprint density at radius 3 is 2.77 bits per heavy atom. The van der Waals surface area contributed by atoms with Gasteiger partial charge in [0, 0.05) is 17.5 Å². The molecule has 4 nitrogen and oxygen atoms in total. The highest BCUT2D eigenvalue weighted by Crippen LogP contribution is 2.35. The van der Waals surface area contributed by atoms with E-state index in [-0.39, 0.29) is 30.2 Å². The molecule has 6 heteroatoms. The molecule has 0 unspecified atom stereocenters. The first-order valence-corrected chi connectivity index (χ1v) is 9.66. The maximum atomic E-state index is 13.5. The fourth-order valence-electron chi connectivity index (χ4n) is 3.19. The van der Waals surface area contributed by atoms with Gasteiger partial charge in [0.05, 0.1) is 11.4 Å². The van der Waals surface area contributed by atoms with Crippen LogP contribution < -0.4 is 4.90 Å². The van der Waals surface area contributed by atoms with Crippen LogP contribution in [-0.4, -0.2) is 35.1 Å². The number of benzene rings is 2. The fourth-order valence-corrected chi connectivity index (χ4v) is 4.13. The molecule has 0 bridgehead atoms. The third-order valence-electron chi connectivity index (χ3n) is 4.65. The maximum absolute atomic E-state index is 13.5. The van der Waals surface area contributed by atoms with Crippen molar-refractivity contribution in [3.8, 4) is 0 Å². The van der Waals surface area contributed by atoms with Crippen molar-refractivity contribution in [2.45, 2.75) is 30.3 Å². The lowest BCUT2D eigenvalue weighted by atomic mass is 10.2. The van der Waals surface area contributed by atoms with Crippen LogP contribution in [0.3, 0.4) is 0 Å². The smallest absolute Gasteiger partial charge is 0.243 e. The van der Waals surface area contributed by atoms with Gasteiger partial charge in [0.2, 0.25) is 11.8 Å². The largest absolute Gasteiger partial charge is 0.334 e. The summed E-state index contributed by atoms with van der Waals surface area (Å²) in [5.74, 6) is -0.101. The predicted octanol–water partition coefficient (Wildman–Crippen LogP) is 3.46. The lowest BCUT2D eigenvalue weighted by Crippen LogP contribution is -2.45. The second kappa shape index (κ2) is 7.11. The van der Waals surface area contributed by atoms with E-state index in [0.717, 1.165) is 29.0 Å². The van der Waals surface area contributed by atoms with E-state index in [1.807, 2.05) is 30.3 Å². The zero-order chi connectivity index (χ0) is 18.1. The van der Waals surface area contributed by atoms with Gasteiger partial charge >= 0.3 is 0 Å². The number of amides is 2. The number of para-hydroxylation sites is 1. The fraction of sp³-hybridized carbons (Fsp3) is 0.300. The number of rotatable bonds is 5. The van der Waals surface area contributed by atoms with E-state index < -0.39 is 0 Å². The van der Waals surface area contributed by atoms with Gasteiger partial charge in [-0.1, -0.05) is 24.3 Å². The quantitative estimate of drug-likeness (QED) is 0.809. The molecule has 1 saturated carbocycles. The van der Waals surface area contributed by atoms with Gasteiger partial charge in [0.25, 0.3) is 0 Å². The number of nitrogens with zero attached hydrogens (tertiary/aromatic N) is 2. The lowest BCUT2D eigenvalue weighted by Gasteiger charge is -2.31. The zero-order valence-electron chi connectivity index (χ0n) is 14.2. The van der Waals surface area contributed by atoms with Crippen LogP contribution in [0.1, 0.15) is 18.4 Å². The molecule has 0 N–H and O–H groups in total. The Morgan fingerprint density at radius 2 is 2.00 bits per heavy atom. The number of hydrogen-bond acceptors (Lipinski definition) is 3. The third kappa shape index (κ3) is 3.60. The summed E-state index contributed by atoms with van der Waals surface area (Å²) in [6, 6.07) is 14.2. The Labute approximate surface area is 156 Å². The Kier molecular flexibility index (Phi) is 4.68. The van der Waals surface area contributed by atoms with E-state index in [1.165, 1.54) is 23.9 Å². The first-order valence-electron chi connectivity index (χ1n) is 8.68. The predicted molar refractivity (Wildman–Crippen MR) is 99.5 cm³/mol. The molecule has 1 aliphatic carbocycles. The summed E-state index contributed by atoms with van der Waals surface area (Å²) >= 11 is 1.50. The number of thioether (sulfide) groups is 1. The number of carbonyl (C=O) groups is 2. The van der Waals surface area contributed by atoms with Crippen molar-refractivity contribution < 1.29 is 14.0 Å².